The van der Waals surface area contributed by atoms with Crippen molar-refractivity contribution in [3.05, 3.63) is 0 Å². The molecule has 260 valence electrons. The van der Waals surface area contributed by atoms with Crippen molar-refractivity contribution < 1.29 is 88.8 Å². The summed E-state index contributed by atoms with van der Waals surface area (Å²) in [6.07, 6.45) is -12.1. The summed E-state index contributed by atoms with van der Waals surface area (Å²) in [5.74, 6) is -61.2. The van der Waals surface area contributed by atoms with Crippen LogP contribution in [0.15, 0.2) is 0 Å². The Bertz CT molecular complexity index is 846. The number of ether oxygens (including phenoxy) is 3. The molecule has 0 aromatic heterocycles. The van der Waals surface area contributed by atoms with Crippen molar-refractivity contribution in [3.63, 3.8) is 0 Å². The number of methoxy groups -OCH3 is 3. The van der Waals surface area contributed by atoms with E-state index in [4.69, 9.17) is 0 Å². The maximum Gasteiger partial charge on any atom is 0.389 e. The highest BCUT2D eigenvalue weighted by molar-refractivity contribution is 5.15. The Hall–Kier alpha value is -1.31. The third kappa shape index (κ3) is 7.74. The van der Waals surface area contributed by atoms with Crippen LogP contribution in [0.3, 0.4) is 0 Å². The lowest BCUT2D eigenvalue weighted by atomic mass is 9.81. The van der Waals surface area contributed by atoms with Crippen molar-refractivity contribution >= 4 is 0 Å². The molecule has 0 amide bonds. The van der Waals surface area contributed by atoms with E-state index in [-0.39, 0.29) is 12.8 Å². The first kappa shape index (κ1) is 41.7. The van der Waals surface area contributed by atoms with Gasteiger partial charge in [0.05, 0.1) is 0 Å². The van der Waals surface area contributed by atoms with Crippen LogP contribution in [0, 0.1) is 5.92 Å². The summed E-state index contributed by atoms with van der Waals surface area (Å²) >= 11 is 0. The summed E-state index contributed by atoms with van der Waals surface area (Å²) in [5, 5.41) is 0. The second kappa shape index (κ2) is 14.0. The molecule has 0 aliphatic rings. The van der Waals surface area contributed by atoms with Gasteiger partial charge in [-0.15, -0.1) is 0 Å². The monoisotopic (exact) mass is 678 g/mol. The van der Waals surface area contributed by atoms with E-state index in [1.165, 1.54) is 0 Å². The van der Waals surface area contributed by atoms with Crippen LogP contribution >= 0.6 is 0 Å². The molecule has 43 heavy (non-hydrogen) atoms. The van der Waals surface area contributed by atoms with Gasteiger partial charge in [0.25, 0.3) is 5.97 Å². The molecule has 0 aromatic rings. The van der Waals surface area contributed by atoms with Gasteiger partial charge in [-0.2, -0.15) is 74.6 Å². The van der Waals surface area contributed by atoms with E-state index < -0.39 is 85.2 Å². The van der Waals surface area contributed by atoms with Gasteiger partial charge < -0.3 is 14.2 Å². The second-order valence-electron chi connectivity index (χ2n) is 9.64. The smallest absolute Gasteiger partial charge is 0.330 e. The number of halogens is 17. The Morgan fingerprint density at radius 2 is 0.837 bits per heavy atom. The van der Waals surface area contributed by atoms with Gasteiger partial charge in [0.15, 0.2) is 0 Å². The number of hydrogen-bond acceptors (Lipinski definition) is 3. The molecule has 1 atom stereocenters. The fourth-order valence-corrected chi connectivity index (χ4v) is 4.09. The Morgan fingerprint density at radius 3 is 1.23 bits per heavy atom. The quantitative estimate of drug-likeness (QED) is 0.0730. The molecule has 0 heterocycles. The van der Waals surface area contributed by atoms with Gasteiger partial charge in [-0.1, -0.05) is 45.4 Å². The van der Waals surface area contributed by atoms with Gasteiger partial charge in [0, 0.05) is 34.2 Å². The van der Waals surface area contributed by atoms with Crippen LogP contribution in [-0.2, 0) is 14.2 Å². The molecule has 20 heteroatoms. The largest absolute Gasteiger partial charge is 0.389 e. The highest BCUT2D eigenvalue weighted by Crippen LogP contribution is 2.64. The zero-order chi connectivity index (χ0) is 34.6. The topological polar surface area (TPSA) is 27.7 Å². The maximum absolute atomic E-state index is 15.2. The minimum absolute atomic E-state index is 0.0603. The lowest BCUT2D eigenvalue weighted by molar-refractivity contribution is -0.464. The van der Waals surface area contributed by atoms with Gasteiger partial charge in [-0.3, -0.25) is 0 Å². The van der Waals surface area contributed by atoms with Crippen molar-refractivity contribution in [3.8, 4) is 0 Å². The number of hydrogen-bond donors (Lipinski definition) is 0. The average molecular weight is 678 g/mol. The molecule has 0 rings (SSSR count). The molecule has 0 radical (unpaired) electrons. The van der Waals surface area contributed by atoms with E-state index in [0.717, 1.165) is 0 Å². The third-order valence-electron chi connectivity index (χ3n) is 6.74. The van der Waals surface area contributed by atoms with Crippen molar-refractivity contribution in [1.82, 2.24) is 0 Å². The lowest BCUT2D eigenvalue weighted by Crippen LogP contribution is -2.74. The van der Waals surface area contributed by atoms with Crippen LogP contribution in [-0.4, -0.2) is 74.9 Å². The number of alkyl halides is 17. The first-order chi connectivity index (χ1) is 19.1. The average Bonchev–Trinajstić information content (AvgIpc) is 2.88. The highest BCUT2D eigenvalue weighted by atomic mass is 19.4. The number of rotatable bonds is 20. The minimum atomic E-state index is -8.43. The molecule has 1 unspecified atom stereocenters. The Labute approximate surface area is 235 Å². The standard InChI is InChI=1S/C23H31F17O3/c1-5-6-7-8-9-10-11-14(18(41-2,42-3)43-4)17(29,30)20(33,34)22(37,38)23(39,40)21(35,36)19(31,32)15(24,25)12-13-16(26,27)28/h14H,5-13H2,1-4H3. The third-order valence-corrected chi connectivity index (χ3v) is 6.74. The fraction of sp³-hybridized carbons (Fsp3) is 1.00. The summed E-state index contributed by atoms with van der Waals surface area (Å²) < 4.78 is 251. The first-order valence-corrected chi connectivity index (χ1v) is 12.4. The summed E-state index contributed by atoms with van der Waals surface area (Å²) in [4.78, 5) is 0. The Morgan fingerprint density at radius 1 is 0.465 bits per heavy atom. The molecule has 0 aromatic carbocycles. The summed E-state index contributed by atoms with van der Waals surface area (Å²) in [6, 6.07) is 0. The SMILES string of the molecule is CCCCCCCCC(C(OC)(OC)OC)C(F)(F)C(F)(F)C(F)(F)C(F)(F)C(F)(F)C(F)(F)C(F)(F)CCC(F)(F)F. The predicted molar refractivity (Wildman–Crippen MR) is 115 cm³/mol. The van der Waals surface area contributed by atoms with Crippen LogP contribution in [0.25, 0.3) is 0 Å². The Kier molecular flexibility index (Phi) is 13.6. The molecule has 0 saturated heterocycles. The summed E-state index contributed by atoms with van der Waals surface area (Å²) in [7, 11) is 1.33. The number of unbranched alkanes of at least 4 members (excludes halogenated alkanes) is 5. The van der Waals surface area contributed by atoms with E-state index in [1.54, 1.807) is 6.92 Å². The zero-order valence-electron chi connectivity index (χ0n) is 23.1. The van der Waals surface area contributed by atoms with Crippen LogP contribution < -0.4 is 0 Å². The van der Waals surface area contributed by atoms with Crippen LogP contribution in [0.4, 0.5) is 74.6 Å². The molecule has 0 aliphatic carbocycles. The van der Waals surface area contributed by atoms with Crippen LogP contribution in [0.1, 0.15) is 64.7 Å². The van der Waals surface area contributed by atoms with Gasteiger partial charge in [0.2, 0.25) is 0 Å². The Balaban J connectivity index is 6.85. The van der Waals surface area contributed by atoms with Gasteiger partial charge in [-0.25, -0.2) is 0 Å². The highest BCUT2D eigenvalue weighted by Gasteiger charge is 2.93. The second-order valence-corrected chi connectivity index (χ2v) is 9.64. The zero-order valence-corrected chi connectivity index (χ0v) is 23.1. The van der Waals surface area contributed by atoms with Crippen molar-refractivity contribution in [2.45, 2.75) is 118 Å². The molecule has 3 nitrogen and oxygen atoms in total. The van der Waals surface area contributed by atoms with E-state index >= 15 is 8.78 Å². The molecule has 0 spiro atoms. The molecule has 0 bridgehead atoms. The van der Waals surface area contributed by atoms with Gasteiger partial charge >= 0.3 is 47.6 Å². The molecule has 0 saturated carbocycles. The van der Waals surface area contributed by atoms with E-state index in [1.807, 2.05) is 0 Å². The normalized spacial score (nSPS) is 16.1. The van der Waals surface area contributed by atoms with E-state index in [2.05, 4.69) is 14.2 Å². The van der Waals surface area contributed by atoms with E-state index in [9.17, 15) is 65.9 Å². The van der Waals surface area contributed by atoms with Crippen molar-refractivity contribution in [1.29, 1.82) is 0 Å². The van der Waals surface area contributed by atoms with Crippen molar-refractivity contribution in [2.24, 2.45) is 5.92 Å². The minimum Gasteiger partial charge on any atom is -0.330 e. The maximum atomic E-state index is 15.2. The molecule has 0 N–H and O–H groups in total. The van der Waals surface area contributed by atoms with Crippen LogP contribution in [0.2, 0.25) is 0 Å². The molecular formula is C23H31F17O3. The predicted octanol–water partition coefficient (Wildman–Crippen LogP) is 9.74. The van der Waals surface area contributed by atoms with Crippen LogP contribution in [0.5, 0.6) is 0 Å². The molecule has 0 fully saturated rings. The lowest BCUT2D eigenvalue weighted by Gasteiger charge is -2.46. The van der Waals surface area contributed by atoms with E-state index in [0.29, 0.717) is 40.6 Å². The van der Waals surface area contributed by atoms with Crippen molar-refractivity contribution in [2.75, 3.05) is 21.3 Å². The van der Waals surface area contributed by atoms with Gasteiger partial charge in [0.1, 0.15) is 5.92 Å². The molecule has 0 aliphatic heterocycles. The van der Waals surface area contributed by atoms with Gasteiger partial charge in [-0.05, 0) is 6.42 Å². The molecular weight excluding hydrogens is 647 g/mol. The fourth-order valence-electron chi connectivity index (χ4n) is 4.09. The summed E-state index contributed by atoms with van der Waals surface area (Å²) in [6.45, 7) is 1.78. The summed E-state index contributed by atoms with van der Waals surface area (Å²) in [5.41, 5.74) is 0. The first-order valence-electron chi connectivity index (χ1n) is 12.4.